The van der Waals surface area contributed by atoms with Gasteiger partial charge in [0, 0.05) is 52.8 Å². The van der Waals surface area contributed by atoms with Gasteiger partial charge in [-0.1, -0.05) is 118 Å². The Morgan fingerprint density at radius 2 is 0.959 bits per heavy atom. The van der Waals surface area contributed by atoms with Crippen LogP contribution < -0.4 is 0 Å². The quantitative estimate of drug-likeness (QED) is 0.0751. The fourth-order valence-corrected chi connectivity index (χ4v) is 8.23. The van der Waals surface area contributed by atoms with Crippen molar-refractivity contribution in [3.05, 3.63) is 13.8 Å². The third-order valence-corrected chi connectivity index (χ3v) is 10.9. The second-order valence-corrected chi connectivity index (χ2v) is 14.8. The molecule has 0 spiro atoms. The molecule has 0 aromatic rings. The van der Waals surface area contributed by atoms with Crippen LogP contribution in [0.2, 0.25) is 0 Å². The van der Waals surface area contributed by atoms with Crippen molar-refractivity contribution < 1.29 is 64.3 Å². The van der Waals surface area contributed by atoms with Crippen molar-refractivity contribution in [1.29, 1.82) is 5.26 Å². The van der Waals surface area contributed by atoms with E-state index in [2.05, 4.69) is 57.2 Å². The number of nitriles is 1. The Kier molecular flexibility index (Phi) is 55.7. The van der Waals surface area contributed by atoms with Gasteiger partial charge in [0.15, 0.2) is 0 Å². The average Bonchev–Trinajstić information content (AvgIpc) is 3.92. The van der Waals surface area contributed by atoms with Crippen molar-refractivity contribution in [2.45, 2.75) is 196 Å². The fraction of sp³-hybridized carbons (Fsp3) is 0.925. The first-order chi connectivity index (χ1) is 22.4. The minimum absolute atomic E-state index is 0. The summed E-state index contributed by atoms with van der Waals surface area (Å²) >= 11 is 0. The molecule has 4 aliphatic carbocycles. The van der Waals surface area contributed by atoms with Gasteiger partial charge in [-0.15, -0.1) is 6.54 Å². The molecule has 1 atom stereocenters. The van der Waals surface area contributed by atoms with Crippen molar-refractivity contribution in [3.63, 3.8) is 0 Å². The third-order valence-electron chi connectivity index (χ3n) is 8.81. The van der Waals surface area contributed by atoms with E-state index >= 15 is 0 Å². The van der Waals surface area contributed by atoms with E-state index in [0.717, 1.165) is 24.8 Å². The molecule has 5 nitrogen and oxygen atoms in total. The third kappa shape index (κ3) is 35.0. The van der Waals surface area contributed by atoms with Gasteiger partial charge in [0.05, 0.1) is 19.1 Å². The maximum absolute atomic E-state index is 8.52. The Hall–Kier alpha value is 1.49. The summed E-state index contributed by atoms with van der Waals surface area (Å²) in [6.07, 6.45) is 27.9. The smallest absolute Gasteiger partial charge is 0.341 e. The second-order valence-electron chi connectivity index (χ2n) is 13.3. The molecule has 0 amide bonds. The Labute approximate surface area is 345 Å². The molecule has 0 radical (unpaired) electrons. The maximum atomic E-state index is 8.52. The van der Waals surface area contributed by atoms with Crippen LogP contribution in [0.4, 0.5) is 0 Å². The van der Waals surface area contributed by atoms with Gasteiger partial charge in [0.2, 0.25) is 0 Å². The molecular formula is C40H82Fe2N3O2PW. The zero-order valence-electron chi connectivity index (χ0n) is 33.6. The largest absolute Gasteiger partial charge is 2.00 e. The molecule has 0 aromatic heterocycles. The van der Waals surface area contributed by atoms with Gasteiger partial charge >= 0.3 is 21.1 Å². The standard InChI is InChI=1S/C14H26N.C12H24N2O2P.2C5H10.2C2H6.2Fe.W/c1-2-15(11-13-7-3-4-8-13)12-14-9-5-6-10-14;1-6-9-15-17(16-10-7-8-13)14(11(2)3)12(4)5;2*1-2-4-5-3-1;2*1-2;;;/h13-14H,1-12H2;11-12H,1,6-7,9-10H2,2-5H3;2*1-5H2;2*1-2H3;;;/q2*-1;;;;;;;+2. The number of nitrogens with zero attached hydrogens (tertiary/aromatic N) is 3. The Balaban J connectivity index is -0.000000182. The van der Waals surface area contributed by atoms with Crippen LogP contribution in [0, 0.1) is 37.0 Å². The fourth-order valence-electron chi connectivity index (χ4n) is 6.60. The van der Waals surface area contributed by atoms with Crippen LogP contribution >= 0.6 is 8.53 Å². The van der Waals surface area contributed by atoms with E-state index in [-0.39, 0.29) is 55.2 Å². The average molecular weight is 964 g/mol. The van der Waals surface area contributed by atoms with Crippen LogP contribution in [0.3, 0.4) is 0 Å². The summed E-state index contributed by atoms with van der Waals surface area (Å²) in [4.78, 5) is 2.62. The van der Waals surface area contributed by atoms with Crippen molar-refractivity contribution in [1.82, 2.24) is 9.57 Å². The van der Waals surface area contributed by atoms with E-state index in [4.69, 9.17) is 14.3 Å². The molecule has 0 N–H and O–H groups in total. The van der Waals surface area contributed by atoms with E-state index in [1.54, 1.807) is 0 Å². The zero-order chi connectivity index (χ0) is 34.8. The van der Waals surface area contributed by atoms with Gasteiger partial charge in [0.25, 0.3) is 8.53 Å². The van der Waals surface area contributed by atoms with Gasteiger partial charge in [-0.05, 0) is 78.3 Å². The monoisotopic (exact) mass is 963 g/mol. The van der Waals surface area contributed by atoms with Gasteiger partial charge in [-0.2, -0.15) is 11.7 Å². The second kappa shape index (κ2) is 45.6. The molecule has 0 bridgehead atoms. The normalized spacial score (nSPS) is 17.2. The summed E-state index contributed by atoms with van der Waals surface area (Å²) in [5.41, 5.74) is 0. The predicted octanol–water partition coefficient (Wildman–Crippen LogP) is 13.0. The summed E-state index contributed by atoms with van der Waals surface area (Å²) in [6, 6.07) is 2.78. The molecule has 4 aliphatic rings. The van der Waals surface area contributed by atoms with Gasteiger partial charge in [-0.3, -0.25) is 0 Å². The molecule has 49 heavy (non-hydrogen) atoms. The van der Waals surface area contributed by atoms with E-state index in [1.807, 2.05) is 27.7 Å². The van der Waals surface area contributed by atoms with Crippen LogP contribution in [0.5, 0.6) is 0 Å². The summed E-state index contributed by atoms with van der Waals surface area (Å²) < 4.78 is 13.6. The molecule has 296 valence electrons. The minimum Gasteiger partial charge on any atom is -0.341 e. The summed E-state index contributed by atoms with van der Waals surface area (Å²) in [6.45, 7) is 29.0. The van der Waals surface area contributed by atoms with Crippen LogP contribution in [0.15, 0.2) is 0 Å². The Morgan fingerprint density at radius 3 is 1.22 bits per heavy atom. The molecule has 4 saturated carbocycles. The number of hydrogen-bond acceptors (Lipinski definition) is 5. The Bertz CT molecular complexity index is 590. The predicted molar refractivity (Wildman–Crippen MR) is 206 cm³/mol. The first kappa shape index (κ1) is 59.8. The minimum atomic E-state index is -1.08. The number of hydrogen-bond donors (Lipinski definition) is 0. The van der Waals surface area contributed by atoms with Gasteiger partial charge < -0.3 is 27.8 Å². The van der Waals surface area contributed by atoms with Crippen LogP contribution in [0.1, 0.15) is 184 Å². The molecule has 0 saturated heterocycles. The zero-order valence-corrected chi connectivity index (χ0v) is 39.7. The molecular weight excluding hydrogens is 881 g/mol. The van der Waals surface area contributed by atoms with Crippen molar-refractivity contribution >= 4 is 8.53 Å². The Morgan fingerprint density at radius 1 is 0.633 bits per heavy atom. The maximum Gasteiger partial charge on any atom is 2.00 e. The summed E-state index contributed by atoms with van der Waals surface area (Å²) in [5, 5.41) is 8.52. The van der Waals surface area contributed by atoms with E-state index < -0.39 is 8.53 Å². The SMILES string of the molecule is C1CCCC1.C1CCCC1.CC.CC.[CH2-]CCOP(OCCC#N)N(C(C)C)C(C)C.[CH2-]CN(CC1CCCC1)CC1CCCC1.[Fe].[Fe].[W+2]. The van der Waals surface area contributed by atoms with Crippen LogP contribution in [0.25, 0.3) is 0 Å². The van der Waals surface area contributed by atoms with Crippen LogP contribution in [-0.2, 0) is 64.3 Å². The summed E-state index contributed by atoms with van der Waals surface area (Å²) in [7, 11) is -1.08. The molecule has 1 unspecified atom stereocenters. The summed E-state index contributed by atoms with van der Waals surface area (Å²) in [5.74, 6) is 1.99. The molecule has 0 heterocycles. The van der Waals surface area contributed by atoms with Crippen molar-refractivity contribution in [2.75, 3.05) is 32.8 Å². The van der Waals surface area contributed by atoms with Crippen LogP contribution in [-0.4, -0.2) is 54.5 Å². The molecule has 9 heteroatoms. The molecule has 4 fully saturated rings. The topological polar surface area (TPSA) is 48.7 Å². The molecule has 0 aliphatic heterocycles. The van der Waals surface area contributed by atoms with Crippen molar-refractivity contribution in [3.8, 4) is 6.07 Å². The first-order valence-electron chi connectivity index (χ1n) is 19.9. The molecule has 0 aromatic carbocycles. The van der Waals surface area contributed by atoms with E-state index in [1.165, 1.54) is 129 Å². The van der Waals surface area contributed by atoms with E-state index in [9.17, 15) is 0 Å². The first-order valence-corrected chi connectivity index (χ1v) is 21.1. The van der Waals surface area contributed by atoms with Gasteiger partial charge in [0.1, 0.15) is 0 Å². The van der Waals surface area contributed by atoms with E-state index in [0.29, 0.717) is 31.7 Å². The van der Waals surface area contributed by atoms with Gasteiger partial charge in [-0.25, -0.2) is 4.67 Å². The van der Waals surface area contributed by atoms with Crippen molar-refractivity contribution in [2.24, 2.45) is 11.8 Å². The number of rotatable bonds is 14. The molecule has 4 rings (SSSR count).